The third-order valence-corrected chi connectivity index (χ3v) is 9.11. The van der Waals surface area contributed by atoms with Crippen molar-refractivity contribution in [2.75, 3.05) is 12.4 Å². The number of halogens is 2. The van der Waals surface area contributed by atoms with Crippen LogP contribution in [0.5, 0.6) is 0 Å². The SMILES string of the molecule is CCC(C)(C)[C@@H]1CCc2c(sc(NC(=O)c3cnn4c(C(F)F)cc(-c5ccccc5)nc34)c2C(=O)OC)C1. The van der Waals surface area contributed by atoms with Gasteiger partial charge in [0.05, 0.1) is 24.6 Å². The zero-order valence-corrected chi connectivity index (χ0v) is 23.1. The second-order valence-electron chi connectivity index (χ2n) is 10.5. The predicted octanol–water partition coefficient (Wildman–Crippen LogP) is 6.98. The van der Waals surface area contributed by atoms with Gasteiger partial charge >= 0.3 is 5.97 Å². The molecule has 0 fully saturated rings. The molecule has 204 valence electrons. The topological polar surface area (TPSA) is 85.6 Å². The van der Waals surface area contributed by atoms with E-state index >= 15 is 0 Å². The number of aromatic nitrogens is 3. The Morgan fingerprint density at radius 3 is 2.67 bits per heavy atom. The minimum Gasteiger partial charge on any atom is -0.465 e. The highest BCUT2D eigenvalue weighted by Gasteiger charge is 2.36. The first-order valence-corrected chi connectivity index (χ1v) is 13.7. The molecule has 0 unspecified atom stereocenters. The second-order valence-corrected chi connectivity index (χ2v) is 11.6. The first-order chi connectivity index (χ1) is 18.6. The van der Waals surface area contributed by atoms with Gasteiger partial charge in [-0.1, -0.05) is 57.5 Å². The molecule has 7 nitrogen and oxygen atoms in total. The van der Waals surface area contributed by atoms with Crippen LogP contribution in [0, 0.1) is 11.3 Å². The van der Waals surface area contributed by atoms with Crippen LogP contribution in [-0.4, -0.2) is 33.6 Å². The summed E-state index contributed by atoms with van der Waals surface area (Å²) in [6.07, 6.45) is 1.92. The van der Waals surface area contributed by atoms with Crippen LogP contribution in [0.3, 0.4) is 0 Å². The van der Waals surface area contributed by atoms with Gasteiger partial charge in [0.1, 0.15) is 16.3 Å². The van der Waals surface area contributed by atoms with Crippen molar-refractivity contribution in [2.24, 2.45) is 11.3 Å². The molecule has 10 heteroatoms. The quantitative estimate of drug-likeness (QED) is 0.250. The number of alkyl halides is 2. The monoisotopic (exact) mass is 552 g/mol. The molecule has 0 spiro atoms. The molecule has 1 amide bonds. The summed E-state index contributed by atoms with van der Waals surface area (Å²) >= 11 is 1.37. The number of hydrogen-bond donors (Lipinski definition) is 1. The van der Waals surface area contributed by atoms with E-state index < -0.39 is 18.3 Å². The van der Waals surface area contributed by atoms with Crippen molar-refractivity contribution in [3.63, 3.8) is 0 Å². The summed E-state index contributed by atoms with van der Waals surface area (Å²) in [7, 11) is 1.32. The maximum absolute atomic E-state index is 14.0. The average Bonchev–Trinajstić information content (AvgIpc) is 3.53. The number of thiophene rings is 1. The van der Waals surface area contributed by atoms with Crippen molar-refractivity contribution in [3.8, 4) is 11.3 Å². The van der Waals surface area contributed by atoms with Gasteiger partial charge in [-0.05, 0) is 42.2 Å². The number of carbonyl (C=O) groups excluding carboxylic acids is 2. The van der Waals surface area contributed by atoms with Gasteiger partial charge in [0, 0.05) is 10.4 Å². The number of benzene rings is 1. The van der Waals surface area contributed by atoms with Crippen molar-refractivity contribution < 1.29 is 23.1 Å². The zero-order chi connectivity index (χ0) is 27.9. The summed E-state index contributed by atoms with van der Waals surface area (Å²) in [6.45, 7) is 6.70. The summed E-state index contributed by atoms with van der Waals surface area (Å²) in [4.78, 5) is 31.9. The molecule has 1 atom stereocenters. The Balaban J connectivity index is 1.54. The van der Waals surface area contributed by atoms with E-state index in [-0.39, 0.29) is 22.3 Å². The summed E-state index contributed by atoms with van der Waals surface area (Å²) in [5.74, 6) is -0.645. The first kappa shape index (κ1) is 26.9. The van der Waals surface area contributed by atoms with E-state index in [1.807, 2.05) is 6.07 Å². The summed E-state index contributed by atoms with van der Waals surface area (Å²) in [5.41, 5.74) is 2.03. The molecular weight excluding hydrogens is 522 g/mol. The normalized spacial score (nSPS) is 15.4. The third kappa shape index (κ3) is 4.93. The minimum atomic E-state index is -2.83. The number of methoxy groups -OCH3 is 1. The maximum atomic E-state index is 14.0. The fourth-order valence-electron chi connectivity index (χ4n) is 5.18. The number of nitrogens with one attached hydrogen (secondary N) is 1. The first-order valence-electron chi connectivity index (χ1n) is 12.9. The number of amides is 1. The molecule has 1 N–H and O–H groups in total. The summed E-state index contributed by atoms with van der Waals surface area (Å²) in [6, 6.07) is 10.2. The Labute approximate surface area is 229 Å². The standard InChI is InChI=1S/C29H30F2N4O3S/c1-5-29(2,3)17-11-12-18-22(13-17)39-27(23(18)28(37)38-4)34-26(36)19-15-32-35-21(24(30)31)14-20(33-25(19)35)16-9-7-6-8-10-16/h6-10,14-15,17,24H,5,11-13H2,1-4H3,(H,34,36)/t17-/m1/s1. The fourth-order valence-corrected chi connectivity index (χ4v) is 6.49. The van der Waals surface area contributed by atoms with E-state index in [4.69, 9.17) is 4.74 Å². The van der Waals surface area contributed by atoms with E-state index in [1.54, 1.807) is 24.3 Å². The number of carbonyl (C=O) groups is 2. The number of rotatable bonds is 7. The maximum Gasteiger partial charge on any atom is 0.341 e. The van der Waals surface area contributed by atoms with Crippen LogP contribution in [-0.2, 0) is 17.6 Å². The number of esters is 1. The van der Waals surface area contributed by atoms with Crippen LogP contribution in [0.1, 0.15) is 76.9 Å². The Kier molecular flexibility index (Phi) is 7.24. The van der Waals surface area contributed by atoms with E-state index in [2.05, 4.69) is 36.2 Å². The highest BCUT2D eigenvalue weighted by Crippen LogP contribution is 2.45. The van der Waals surface area contributed by atoms with Crippen molar-refractivity contribution >= 4 is 33.9 Å². The number of nitrogens with zero attached hydrogens (tertiary/aromatic N) is 3. The molecule has 39 heavy (non-hydrogen) atoms. The van der Waals surface area contributed by atoms with Crippen LogP contribution < -0.4 is 5.32 Å². The van der Waals surface area contributed by atoms with E-state index in [9.17, 15) is 18.4 Å². The lowest BCUT2D eigenvalue weighted by Gasteiger charge is -2.36. The Bertz CT molecular complexity index is 1550. The van der Waals surface area contributed by atoms with E-state index in [1.165, 1.54) is 30.7 Å². The Morgan fingerprint density at radius 1 is 1.26 bits per heavy atom. The van der Waals surface area contributed by atoms with E-state index in [0.717, 1.165) is 40.6 Å². The molecular formula is C29H30F2N4O3S. The van der Waals surface area contributed by atoms with Crippen molar-refractivity contribution in [2.45, 2.75) is 52.9 Å². The second kappa shape index (κ2) is 10.5. The third-order valence-electron chi connectivity index (χ3n) is 7.94. The minimum absolute atomic E-state index is 0.00912. The molecule has 0 radical (unpaired) electrons. The molecule has 1 aliphatic carbocycles. The number of fused-ring (bicyclic) bond motifs is 2. The fraction of sp³-hybridized carbons (Fsp3) is 0.379. The van der Waals surface area contributed by atoms with Gasteiger partial charge in [0.2, 0.25) is 0 Å². The number of anilines is 1. The predicted molar refractivity (Wildman–Crippen MR) is 147 cm³/mol. The molecule has 3 aromatic heterocycles. The highest BCUT2D eigenvalue weighted by atomic mass is 32.1. The van der Waals surface area contributed by atoms with Gasteiger partial charge in [-0.15, -0.1) is 11.3 Å². The van der Waals surface area contributed by atoms with Gasteiger partial charge in [0.15, 0.2) is 5.65 Å². The molecule has 3 heterocycles. The van der Waals surface area contributed by atoms with Gasteiger partial charge in [-0.25, -0.2) is 23.1 Å². The summed E-state index contributed by atoms with van der Waals surface area (Å²) < 4.78 is 34.0. The van der Waals surface area contributed by atoms with Crippen molar-refractivity contribution in [1.82, 2.24) is 14.6 Å². The van der Waals surface area contributed by atoms with Crippen molar-refractivity contribution in [1.29, 1.82) is 0 Å². The molecule has 4 aromatic rings. The highest BCUT2D eigenvalue weighted by molar-refractivity contribution is 7.17. The smallest absolute Gasteiger partial charge is 0.341 e. The van der Waals surface area contributed by atoms with Crippen molar-refractivity contribution in [3.05, 3.63) is 69.9 Å². The van der Waals surface area contributed by atoms with Gasteiger partial charge in [-0.3, -0.25) is 4.79 Å². The van der Waals surface area contributed by atoms with Crippen LogP contribution in [0.2, 0.25) is 0 Å². The molecule has 5 rings (SSSR count). The molecule has 0 aliphatic heterocycles. The molecule has 0 saturated carbocycles. The van der Waals surface area contributed by atoms with Crippen LogP contribution in [0.25, 0.3) is 16.9 Å². The molecule has 0 saturated heterocycles. The Morgan fingerprint density at radius 2 is 2.00 bits per heavy atom. The largest absolute Gasteiger partial charge is 0.465 e. The lowest BCUT2D eigenvalue weighted by molar-refractivity contribution is 0.0600. The zero-order valence-electron chi connectivity index (χ0n) is 22.3. The van der Waals surface area contributed by atoms with E-state index in [0.29, 0.717) is 27.7 Å². The lowest BCUT2D eigenvalue weighted by atomic mass is 9.69. The van der Waals surface area contributed by atoms with Crippen LogP contribution in [0.4, 0.5) is 13.8 Å². The van der Waals surface area contributed by atoms with Gasteiger partial charge in [0.25, 0.3) is 12.3 Å². The summed E-state index contributed by atoms with van der Waals surface area (Å²) in [5, 5.41) is 7.29. The van der Waals surface area contributed by atoms with Gasteiger partial charge < -0.3 is 10.1 Å². The number of ether oxygens (including phenoxy) is 1. The molecule has 1 aromatic carbocycles. The molecule has 1 aliphatic rings. The lowest BCUT2D eigenvalue weighted by Crippen LogP contribution is -2.28. The molecule has 0 bridgehead atoms. The van der Waals surface area contributed by atoms with Crippen LogP contribution >= 0.6 is 11.3 Å². The van der Waals surface area contributed by atoms with Gasteiger partial charge in [-0.2, -0.15) is 5.10 Å². The van der Waals surface area contributed by atoms with Crippen LogP contribution in [0.15, 0.2) is 42.6 Å². The Hall–Kier alpha value is -3.66. The average molecular weight is 553 g/mol. The number of hydrogen-bond acceptors (Lipinski definition) is 6.